The van der Waals surface area contributed by atoms with Crippen molar-refractivity contribution in [2.45, 2.75) is 51.4 Å². The Bertz CT molecular complexity index is 1050. The first-order valence-electron chi connectivity index (χ1n) is 10.7. The van der Waals surface area contributed by atoms with Crippen molar-refractivity contribution in [1.29, 1.82) is 0 Å². The molecule has 1 saturated carbocycles. The average molecular weight is 393 g/mol. The summed E-state index contributed by atoms with van der Waals surface area (Å²) in [7, 11) is 0. The Morgan fingerprint density at radius 3 is 2.69 bits per heavy atom. The lowest BCUT2D eigenvalue weighted by Crippen LogP contribution is -2.22. The first-order chi connectivity index (χ1) is 14.2. The number of nitrogens with one attached hydrogen (secondary N) is 3. The minimum absolute atomic E-state index is 0.164. The summed E-state index contributed by atoms with van der Waals surface area (Å²) >= 11 is 0. The molecule has 0 spiro atoms. The largest absolute Gasteiger partial charge is 0.362 e. The van der Waals surface area contributed by atoms with E-state index in [1.165, 1.54) is 61.3 Å². The van der Waals surface area contributed by atoms with Crippen molar-refractivity contribution in [1.82, 2.24) is 30.0 Å². The molecule has 4 heterocycles. The van der Waals surface area contributed by atoms with E-state index in [9.17, 15) is 4.79 Å². The fourth-order valence-corrected chi connectivity index (χ4v) is 4.73. The molecule has 2 aliphatic rings. The monoisotopic (exact) mass is 392 g/mol. The topological polar surface area (TPSA) is 93.5 Å². The number of hydrogen-bond acceptors (Lipinski definition) is 4. The minimum atomic E-state index is -0.164. The van der Waals surface area contributed by atoms with E-state index < -0.39 is 0 Å². The van der Waals surface area contributed by atoms with Gasteiger partial charge in [0.15, 0.2) is 0 Å². The summed E-state index contributed by atoms with van der Waals surface area (Å²) in [4.78, 5) is 27.4. The van der Waals surface area contributed by atoms with Gasteiger partial charge < -0.3 is 15.0 Å². The summed E-state index contributed by atoms with van der Waals surface area (Å²) in [6.07, 6.45) is 12.0. The molecule has 3 N–H and O–H groups in total. The van der Waals surface area contributed by atoms with Gasteiger partial charge in [-0.1, -0.05) is 0 Å². The molecule has 152 valence electrons. The molecule has 1 aliphatic carbocycles. The lowest BCUT2D eigenvalue weighted by Gasteiger charge is -2.15. The molecule has 2 fully saturated rings. The molecule has 0 amide bonds. The molecule has 0 bridgehead atoms. The predicted molar refractivity (Wildman–Crippen MR) is 112 cm³/mol. The number of nitrogens with zero attached hydrogens (tertiary/aromatic N) is 3. The van der Waals surface area contributed by atoms with Gasteiger partial charge in [0.1, 0.15) is 0 Å². The zero-order chi connectivity index (χ0) is 19.8. The van der Waals surface area contributed by atoms with Gasteiger partial charge >= 0.3 is 0 Å². The second-order valence-electron chi connectivity index (χ2n) is 8.38. The fraction of sp³-hybridized carbons (Fsp3) is 0.500. The standard InChI is InChI=1S/C22H28N6O/c1-14-16(6-11-28-9-2-3-10-28)20(15-4-5-15)18(26-14)12-19-21(24-8-7-23-19)17-13-25-27-22(17)29/h7-8,13,15,26H,2-6,9-12H2,1H3,(H2,25,27,29). The van der Waals surface area contributed by atoms with Crippen LogP contribution in [0.5, 0.6) is 0 Å². The van der Waals surface area contributed by atoms with Crippen LogP contribution in [-0.4, -0.2) is 49.7 Å². The Labute approximate surface area is 170 Å². The van der Waals surface area contributed by atoms with Gasteiger partial charge in [-0.05, 0) is 69.2 Å². The van der Waals surface area contributed by atoms with Crippen LogP contribution in [0, 0.1) is 6.92 Å². The second kappa shape index (κ2) is 7.63. The first-order valence-corrected chi connectivity index (χ1v) is 10.7. The summed E-state index contributed by atoms with van der Waals surface area (Å²) < 4.78 is 0. The molecule has 3 aromatic rings. The summed E-state index contributed by atoms with van der Waals surface area (Å²) in [6.45, 7) is 5.82. The SMILES string of the molecule is Cc1[nH]c(Cc2nccnc2-c2c[nH][nH]c2=O)c(C2CC2)c1CCN1CCCC1. The summed E-state index contributed by atoms with van der Waals surface area (Å²) in [5.41, 5.74) is 7.40. The Hall–Kier alpha value is -2.67. The number of aromatic nitrogens is 5. The van der Waals surface area contributed by atoms with E-state index in [2.05, 4.69) is 37.0 Å². The van der Waals surface area contributed by atoms with E-state index in [1.807, 2.05) is 0 Å². The zero-order valence-corrected chi connectivity index (χ0v) is 16.9. The van der Waals surface area contributed by atoms with Crippen molar-refractivity contribution in [3.8, 4) is 11.3 Å². The van der Waals surface area contributed by atoms with Crippen molar-refractivity contribution in [2.24, 2.45) is 0 Å². The van der Waals surface area contributed by atoms with Crippen LogP contribution in [0.15, 0.2) is 23.4 Å². The highest BCUT2D eigenvalue weighted by Crippen LogP contribution is 2.45. The molecular weight excluding hydrogens is 364 g/mol. The van der Waals surface area contributed by atoms with Gasteiger partial charge in [-0.25, -0.2) is 0 Å². The van der Waals surface area contributed by atoms with Crippen LogP contribution >= 0.6 is 0 Å². The van der Waals surface area contributed by atoms with Gasteiger partial charge in [-0.15, -0.1) is 0 Å². The maximum atomic E-state index is 12.1. The van der Waals surface area contributed by atoms with Crippen LogP contribution in [0.4, 0.5) is 0 Å². The number of H-pyrrole nitrogens is 3. The second-order valence-corrected chi connectivity index (χ2v) is 8.38. The quantitative estimate of drug-likeness (QED) is 0.576. The van der Waals surface area contributed by atoms with Crippen molar-refractivity contribution in [2.75, 3.05) is 19.6 Å². The smallest absolute Gasteiger partial charge is 0.273 e. The summed E-state index contributed by atoms with van der Waals surface area (Å²) in [5.74, 6) is 0.666. The molecule has 7 nitrogen and oxygen atoms in total. The van der Waals surface area contributed by atoms with Crippen LogP contribution in [0.25, 0.3) is 11.3 Å². The molecule has 1 aliphatic heterocycles. The third kappa shape index (κ3) is 3.67. The van der Waals surface area contributed by atoms with Gasteiger partial charge in [0.2, 0.25) is 0 Å². The normalized spacial score (nSPS) is 17.3. The minimum Gasteiger partial charge on any atom is -0.362 e. The van der Waals surface area contributed by atoms with E-state index in [0.29, 0.717) is 23.6 Å². The lowest BCUT2D eigenvalue weighted by molar-refractivity contribution is 0.343. The van der Waals surface area contributed by atoms with Crippen LogP contribution in [0.1, 0.15) is 59.8 Å². The first kappa shape index (κ1) is 18.4. The van der Waals surface area contributed by atoms with E-state index in [0.717, 1.165) is 18.7 Å². The highest BCUT2D eigenvalue weighted by Gasteiger charge is 2.31. The summed E-state index contributed by atoms with van der Waals surface area (Å²) in [5, 5.41) is 5.36. The van der Waals surface area contributed by atoms with Crippen LogP contribution < -0.4 is 5.56 Å². The van der Waals surface area contributed by atoms with Crippen LogP contribution in [0.2, 0.25) is 0 Å². The lowest BCUT2D eigenvalue weighted by atomic mass is 9.98. The molecule has 1 saturated heterocycles. The van der Waals surface area contributed by atoms with Crippen LogP contribution in [0.3, 0.4) is 0 Å². The van der Waals surface area contributed by atoms with Gasteiger partial charge in [-0.2, -0.15) is 0 Å². The van der Waals surface area contributed by atoms with Crippen molar-refractivity contribution >= 4 is 0 Å². The predicted octanol–water partition coefficient (Wildman–Crippen LogP) is 2.90. The molecule has 0 unspecified atom stereocenters. The Balaban J connectivity index is 1.46. The maximum absolute atomic E-state index is 12.1. The number of rotatable bonds is 7. The molecule has 0 aromatic carbocycles. The number of aromatic amines is 3. The van der Waals surface area contributed by atoms with E-state index >= 15 is 0 Å². The molecule has 0 atom stereocenters. The van der Waals surface area contributed by atoms with E-state index in [-0.39, 0.29) is 5.56 Å². The summed E-state index contributed by atoms with van der Waals surface area (Å²) in [6, 6.07) is 0. The van der Waals surface area contributed by atoms with Gasteiger partial charge in [0.25, 0.3) is 5.56 Å². The van der Waals surface area contributed by atoms with Gasteiger partial charge in [-0.3, -0.25) is 19.9 Å². The molecule has 29 heavy (non-hydrogen) atoms. The Kier molecular flexibility index (Phi) is 4.83. The van der Waals surface area contributed by atoms with Crippen molar-refractivity contribution in [3.63, 3.8) is 0 Å². The molecule has 3 aromatic heterocycles. The molecule has 0 radical (unpaired) electrons. The number of hydrogen-bond donors (Lipinski definition) is 3. The fourth-order valence-electron chi connectivity index (χ4n) is 4.73. The third-order valence-corrected chi connectivity index (χ3v) is 6.32. The van der Waals surface area contributed by atoms with Crippen molar-refractivity contribution in [3.05, 3.63) is 57.2 Å². The number of aryl methyl sites for hydroxylation is 1. The number of likely N-dealkylation sites (tertiary alicyclic amines) is 1. The molecule has 5 rings (SSSR count). The molecular formula is C22H28N6O. The Morgan fingerprint density at radius 1 is 1.17 bits per heavy atom. The van der Waals surface area contributed by atoms with Crippen molar-refractivity contribution < 1.29 is 0 Å². The van der Waals surface area contributed by atoms with Gasteiger partial charge in [0, 0.05) is 42.9 Å². The average Bonchev–Trinajstić information content (AvgIpc) is 3.10. The maximum Gasteiger partial charge on any atom is 0.273 e. The van der Waals surface area contributed by atoms with E-state index in [4.69, 9.17) is 0 Å². The van der Waals surface area contributed by atoms with Gasteiger partial charge in [0.05, 0.1) is 17.0 Å². The molecule has 7 heteroatoms. The highest BCUT2D eigenvalue weighted by atomic mass is 16.1. The zero-order valence-electron chi connectivity index (χ0n) is 16.9. The van der Waals surface area contributed by atoms with Crippen LogP contribution in [-0.2, 0) is 12.8 Å². The third-order valence-electron chi connectivity index (χ3n) is 6.32. The van der Waals surface area contributed by atoms with E-state index in [1.54, 1.807) is 18.6 Å². The highest BCUT2D eigenvalue weighted by molar-refractivity contribution is 5.60. The Morgan fingerprint density at radius 2 is 1.97 bits per heavy atom.